The number of nitro benzene ring substituents is 1. The van der Waals surface area contributed by atoms with Gasteiger partial charge >= 0.3 is 0 Å². The topological polar surface area (TPSA) is 69.2 Å². The van der Waals surface area contributed by atoms with Crippen molar-refractivity contribution in [2.45, 2.75) is 0 Å². The van der Waals surface area contributed by atoms with Crippen LogP contribution in [0.15, 0.2) is 77.2 Å². The van der Waals surface area contributed by atoms with Gasteiger partial charge in [-0.3, -0.25) is 10.1 Å². The van der Waals surface area contributed by atoms with E-state index >= 15 is 0 Å². The first-order chi connectivity index (χ1) is 11.7. The second-order valence-corrected chi connectivity index (χ2v) is 5.37. The predicted octanol–water partition coefficient (Wildman–Crippen LogP) is 5.07. The van der Waals surface area contributed by atoms with Crippen LogP contribution in [0, 0.1) is 10.1 Å². The molecular weight excluding hydrogens is 304 g/mol. The van der Waals surface area contributed by atoms with Crippen molar-refractivity contribution < 1.29 is 9.34 Å². The lowest BCUT2D eigenvalue weighted by Crippen LogP contribution is -1.86. The van der Waals surface area contributed by atoms with Crippen molar-refractivity contribution in [2.24, 2.45) is 0 Å². The zero-order valence-electron chi connectivity index (χ0n) is 12.5. The fourth-order valence-corrected chi connectivity index (χ4v) is 2.59. The summed E-state index contributed by atoms with van der Waals surface area (Å²) in [5, 5.41) is 10.8. The van der Waals surface area contributed by atoms with Crippen LogP contribution in [-0.2, 0) is 0 Å². The van der Waals surface area contributed by atoms with Gasteiger partial charge in [-0.25, -0.2) is 4.98 Å². The molecule has 0 spiro atoms. The van der Waals surface area contributed by atoms with Gasteiger partial charge in [0, 0.05) is 11.6 Å². The molecule has 24 heavy (non-hydrogen) atoms. The van der Waals surface area contributed by atoms with Gasteiger partial charge in [0.15, 0.2) is 5.58 Å². The summed E-state index contributed by atoms with van der Waals surface area (Å²) < 4.78 is 5.67. The summed E-state index contributed by atoms with van der Waals surface area (Å²) >= 11 is 0. The Kier molecular flexibility index (Phi) is 3.31. The number of hydrogen-bond donors (Lipinski definition) is 0. The molecule has 0 saturated carbocycles. The number of hydrogen-bond acceptors (Lipinski definition) is 4. The molecule has 0 radical (unpaired) electrons. The monoisotopic (exact) mass is 316 g/mol. The highest BCUT2D eigenvalue weighted by Gasteiger charge is 2.12. The molecule has 5 heteroatoms. The average Bonchev–Trinajstić information content (AvgIpc) is 3.06. The van der Waals surface area contributed by atoms with Crippen LogP contribution in [0.5, 0.6) is 0 Å². The maximum Gasteiger partial charge on any atom is 0.273 e. The van der Waals surface area contributed by atoms with E-state index < -0.39 is 4.92 Å². The van der Waals surface area contributed by atoms with Gasteiger partial charge in [-0.2, -0.15) is 0 Å². The molecule has 0 aliphatic carbocycles. The van der Waals surface area contributed by atoms with Crippen LogP contribution < -0.4 is 0 Å². The molecule has 0 unspecified atom stereocenters. The summed E-state index contributed by atoms with van der Waals surface area (Å²) in [5.41, 5.74) is 4.07. The van der Waals surface area contributed by atoms with E-state index in [1.165, 1.54) is 12.1 Å². The lowest BCUT2D eigenvalue weighted by atomic mass is 10.0. The first kappa shape index (κ1) is 14.1. The number of rotatable bonds is 3. The van der Waals surface area contributed by atoms with Gasteiger partial charge in [-0.1, -0.05) is 42.5 Å². The van der Waals surface area contributed by atoms with Crippen LogP contribution >= 0.6 is 0 Å². The van der Waals surface area contributed by atoms with Gasteiger partial charge in [-0.05, 0) is 29.3 Å². The minimum Gasteiger partial charge on any atom is -0.436 e. The van der Waals surface area contributed by atoms with Gasteiger partial charge in [0.2, 0.25) is 5.89 Å². The number of non-ortho nitro benzene ring substituents is 1. The molecule has 5 nitrogen and oxygen atoms in total. The van der Waals surface area contributed by atoms with Crippen molar-refractivity contribution in [2.75, 3.05) is 0 Å². The van der Waals surface area contributed by atoms with E-state index in [1.54, 1.807) is 6.07 Å². The Morgan fingerprint density at radius 3 is 2.21 bits per heavy atom. The quantitative estimate of drug-likeness (QED) is 0.391. The summed E-state index contributed by atoms with van der Waals surface area (Å²) in [6.45, 7) is 0. The molecule has 1 aromatic heterocycles. The minimum absolute atomic E-state index is 0.00961. The highest BCUT2D eigenvalue weighted by molar-refractivity contribution is 5.79. The molecule has 0 amide bonds. The Morgan fingerprint density at radius 1 is 0.833 bits per heavy atom. The fourth-order valence-electron chi connectivity index (χ4n) is 2.59. The Hall–Kier alpha value is -3.47. The molecule has 116 valence electrons. The normalized spacial score (nSPS) is 10.8. The molecule has 4 rings (SSSR count). The lowest BCUT2D eigenvalue weighted by Gasteiger charge is -2.02. The van der Waals surface area contributed by atoms with Gasteiger partial charge in [0.25, 0.3) is 5.69 Å². The molecular formula is C19H12N2O3. The Labute approximate surface area is 137 Å². The molecule has 0 N–H and O–H groups in total. The van der Waals surface area contributed by atoms with E-state index in [4.69, 9.17) is 4.42 Å². The summed E-state index contributed by atoms with van der Waals surface area (Å²) in [7, 11) is 0. The molecule has 1 heterocycles. The van der Waals surface area contributed by atoms with Gasteiger partial charge in [0.05, 0.1) is 11.0 Å². The van der Waals surface area contributed by atoms with Crippen LogP contribution in [-0.4, -0.2) is 9.91 Å². The van der Waals surface area contributed by atoms with Crippen LogP contribution in [0.3, 0.4) is 0 Å². The molecule has 3 aromatic carbocycles. The largest absolute Gasteiger partial charge is 0.436 e. The molecule has 0 saturated heterocycles. The van der Waals surface area contributed by atoms with Crippen LogP contribution in [0.25, 0.3) is 33.7 Å². The SMILES string of the molecule is O=[N+]([O-])c1ccc2nc(-c3ccc(-c4ccccc4)cc3)oc2c1. The Balaban J connectivity index is 1.71. The fraction of sp³-hybridized carbons (Fsp3) is 0. The van der Waals surface area contributed by atoms with E-state index in [-0.39, 0.29) is 5.69 Å². The second kappa shape index (κ2) is 5.62. The van der Waals surface area contributed by atoms with E-state index in [0.717, 1.165) is 16.7 Å². The minimum atomic E-state index is -0.448. The van der Waals surface area contributed by atoms with Crippen molar-refractivity contribution in [3.05, 3.63) is 82.9 Å². The lowest BCUT2D eigenvalue weighted by molar-refractivity contribution is -0.384. The van der Waals surface area contributed by atoms with Gasteiger partial charge in [-0.15, -0.1) is 0 Å². The van der Waals surface area contributed by atoms with Crippen molar-refractivity contribution in [1.29, 1.82) is 0 Å². The number of fused-ring (bicyclic) bond motifs is 1. The van der Waals surface area contributed by atoms with Crippen molar-refractivity contribution in [3.63, 3.8) is 0 Å². The first-order valence-electron chi connectivity index (χ1n) is 7.41. The Bertz CT molecular complexity index is 1020. The van der Waals surface area contributed by atoms with E-state index in [1.807, 2.05) is 54.6 Å². The van der Waals surface area contributed by atoms with Crippen molar-refractivity contribution in [1.82, 2.24) is 4.98 Å². The molecule has 0 atom stereocenters. The summed E-state index contributed by atoms with van der Waals surface area (Å²) in [5.74, 6) is 0.449. The smallest absolute Gasteiger partial charge is 0.273 e. The summed E-state index contributed by atoms with van der Waals surface area (Å²) in [6, 6.07) is 22.4. The third kappa shape index (κ3) is 2.52. The molecule has 0 aliphatic rings. The molecule has 0 bridgehead atoms. The summed E-state index contributed by atoms with van der Waals surface area (Å²) in [4.78, 5) is 14.8. The number of nitro groups is 1. The zero-order chi connectivity index (χ0) is 16.5. The van der Waals surface area contributed by atoms with Gasteiger partial charge in [0.1, 0.15) is 5.52 Å². The highest BCUT2D eigenvalue weighted by Crippen LogP contribution is 2.28. The van der Waals surface area contributed by atoms with Crippen LogP contribution in [0.2, 0.25) is 0 Å². The molecule has 0 aliphatic heterocycles. The summed E-state index contributed by atoms with van der Waals surface area (Å²) in [6.07, 6.45) is 0. The first-order valence-corrected chi connectivity index (χ1v) is 7.41. The van der Waals surface area contributed by atoms with E-state index in [2.05, 4.69) is 4.98 Å². The number of nitrogens with zero attached hydrogens (tertiary/aromatic N) is 2. The molecule has 4 aromatic rings. The third-order valence-electron chi connectivity index (χ3n) is 3.82. The number of oxazole rings is 1. The highest BCUT2D eigenvalue weighted by atomic mass is 16.6. The maximum atomic E-state index is 10.8. The van der Waals surface area contributed by atoms with Crippen molar-refractivity contribution >= 4 is 16.8 Å². The second-order valence-electron chi connectivity index (χ2n) is 5.37. The standard InChI is InChI=1S/C19H12N2O3/c22-21(23)16-10-11-17-18(12-16)24-19(20-17)15-8-6-14(7-9-15)13-4-2-1-3-5-13/h1-12H. The third-order valence-corrected chi connectivity index (χ3v) is 3.82. The van der Waals surface area contributed by atoms with Crippen LogP contribution in [0.1, 0.15) is 0 Å². The average molecular weight is 316 g/mol. The van der Waals surface area contributed by atoms with E-state index in [0.29, 0.717) is 17.0 Å². The van der Waals surface area contributed by atoms with Crippen molar-refractivity contribution in [3.8, 4) is 22.6 Å². The number of benzene rings is 3. The van der Waals surface area contributed by atoms with Crippen LogP contribution in [0.4, 0.5) is 5.69 Å². The zero-order valence-corrected chi connectivity index (χ0v) is 12.5. The van der Waals surface area contributed by atoms with Gasteiger partial charge < -0.3 is 4.42 Å². The maximum absolute atomic E-state index is 10.8. The number of aromatic nitrogens is 1. The predicted molar refractivity (Wildman–Crippen MR) is 91.5 cm³/mol. The Morgan fingerprint density at radius 2 is 1.50 bits per heavy atom. The molecule has 0 fully saturated rings. The van der Waals surface area contributed by atoms with E-state index in [9.17, 15) is 10.1 Å².